The van der Waals surface area contributed by atoms with Crippen molar-refractivity contribution in [1.82, 2.24) is 9.55 Å². The van der Waals surface area contributed by atoms with Gasteiger partial charge in [-0.25, -0.2) is 0 Å². The number of hydrogen-bond acceptors (Lipinski definition) is 13. The maximum atomic E-state index is 12.8. The van der Waals surface area contributed by atoms with E-state index in [-0.39, 0.29) is 18.4 Å². The van der Waals surface area contributed by atoms with Gasteiger partial charge in [0, 0.05) is 34.4 Å². The van der Waals surface area contributed by atoms with Crippen LogP contribution >= 0.6 is 0 Å². The summed E-state index contributed by atoms with van der Waals surface area (Å²) in [5.74, 6) is -2.30. The molecule has 2 heterocycles. The van der Waals surface area contributed by atoms with Crippen molar-refractivity contribution in [2.24, 2.45) is 12.2 Å². The highest BCUT2D eigenvalue weighted by molar-refractivity contribution is 5.69. The SMILES string of the molecule is CC(=O)O[C@@H]1[C@H](OC(C)=O)[C@H](OC(C)=O)CO[C@@H]1Nc1nc(NCc2ccccc2)n(C)c(=O)c1N=O. The first-order valence-corrected chi connectivity index (χ1v) is 11.2. The normalized spacial score (nSPS) is 20.9. The lowest BCUT2D eigenvalue weighted by atomic mass is 10.0. The van der Waals surface area contributed by atoms with Crippen LogP contribution in [0.25, 0.3) is 0 Å². The smallest absolute Gasteiger partial charge is 0.303 e. The molecule has 1 aliphatic rings. The van der Waals surface area contributed by atoms with E-state index >= 15 is 0 Å². The van der Waals surface area contributed by atoms with Crippen molar-refractivity contribution in [2.75, 3.05) is 17.2 Å². The molecule has 37 heavy (non-hydrogen) atoms. The number of anilines is 2. The molecule has 14 nitrogen and oxygen atoms in total. The van der Waals surface area contributed by atoms with Crippen molar-refractivity contribution >= 4 is 35.4 Å². The Morgan fingerprint density at radius 3 is 2.27 bits per heavy atom. The molecule has 3 rings (SSSR count). The third kappa shape index (κ3) is 6.88. The minimum absolute atomic E-state index is 0.109. The molecule has 0 spiro atoms. The van der Waals surface area contributed by atoms with Gasteiger partial charge in [0.2, 0.25) is 11.6 Å². The number of aromatic nitrogens is 2. The van der Waals surface area contributed by atoms with Gasteiger partial charge < -0.3 is 29.6 Å². The number of rotatable bonds is 9. The van der Waals surface area contributed by atoms with Crippen molar-refractivity contribution in [2.45, 2.75) is 51.9 Å². The van der Waals surface area contributed by atoms with Crippen LogP contribution in [0.1, 0.15) is 26.3 Å². The fourth-order valence-corrected chi connectivity index (χ4v) is 3.71. The number of nitroso groups, excluding NO2 is 1. The van der Waals surface area contributed by atoms with E-state index in [9.17, 15) is 24.1 Å². The number of carbonyl (C=O) groups excluding carboxylic acids is 3. The first-order chi connectivity index (χ1) is 17.6. The van der Waals surface area contributed by atoms with E-state index in [1.165, 1.54) is 7.05 Å². The Labute approximate surface area is 211 Å². The van der Waals surface area contributed by atoms with Crippen molar-refractivity contribution in [3.63, 3.8) is 0 Å². The second-order valence-electron chi connectivity index (χ2n) is 8.12. The summed E-state index contributed by atoms with van der Waals surface area (Å²) >= 11 is 0. The lowest BCUT2D eigenvalue weighted by Crippen LogP contribution is -2.59. The Bertz CT molecular complexity index is 1220. The van der Waals surface area contributed by atoms with Gasteiger partial charge in [0.15, 0.2) is 30.4 Å². The van der Waals surface area contributed by atoms with Crippen molar-refractivity contribution < 1.29 is 33.3 Å². The largest absolute Gasteiger partial charge is 0.456 e. The number of esters is 3. The predicted molar refractivity (Wildman–Crippen MR) is 129 cm³/mol. The maximum absolute atomic E-state index is 12.8. The molecule has 0 radical (unpaired) electrons. The number of carbonyl (C=O) groups is 3. The van der Waals surface area contributed by atoms with Gasteiger partial charge in [-0.1, -0.05) is 30.3 Å². The van der Waals surface area contributed by atoms with Crippen LogP contribution in [0.15, 0.2) is 40.3 Å². The highest BCUT2D eigenvalue weighted by Crippen LogP contribution is 2.28. The number of ether oxygens (including phenoxy) is 4. The zero-order chi connectivity index (χ0) is 27.1. The molecule has 1 saturated heterocycles. The third-order valence-electron chi connectivity index (χ3n) is 5.28. The second kappa shape index (κ2) is 12.1. The van der Waals surface area contributed by atoms with E-state index in [1.807, 2.05) is 30.3 Å². The summed E-state index contributed by atoms with van der Waals surface area (Å²) in [7, 11) is 1.42. The van der Waals surface area contributed by atoms with E-state index in [0.717, 1.165) is 30.9 Å². The Kier molecular flexibility index (Phi) is 8.90. The molecular weight excluding hydrogens is 490 g/mol. The first kappa shape index (κ1) is 27.3. The summed E-state index contributed by atoms with van der Waals surface area (Å²) in [4.78, 5) is 63.9. The fraction of sp³-hybridized carbons (Fsp3) is 0.435. The Morgan fingerprint density at radius 1 is 1.05 bits per heavy atom. The Hall–Kier alpha value is -4.33. The third-order valence-corrected chi connectivity index (χ3v) is 5.28. The van der Waals surface area contributed by atoms with E-state index in [4.69, 9.17) is 18.9 Å². The van der Waals surface area contributed by atoms with E-state index in [0.29, 0.717) is 6.54 Å². The molecule has 198 valence electrons. The van der Waals surface area contributed by atoms with E-state index < -0.39 is 53.7 Å². The van der Waals surface area contributed by atoms with Crippen LogP contribution in [0.3, 0.4) is 0 Å². The molecule has 0 amide bonds. The average Bonchev–Trinajstić information content (AvgIpc) is 2.84. The van der Waals surface area contributed by atoms with Gasteiger partial charge >= 0.3 is 17.9 Å². The van der Waals surface area contributed by atoms with Crippen LogP contribution in [0.4, 0.5) is 17.5 Å². The molecular formula is C23H27N5O9. The second-order valence-corrected chi connectivity index (χ2v) is 8.12. The lowest BCUT2D eigenvalue weighted by Gasteiger charge is -2.40. The molecule has 0 aliphatic carbocycles. The van der Waals surface area contributed by atoms with Crippen LogP contribution in [0, 0.1) is 4.91 Å². The molecule has 4 atom stereocenters. The highest BCUT2D eigenvalue weighted by Gasteiger charge is 2.47. The molecule has 14 heteroatoms. The van der Waals surface area contributed by atoms with Gasteiger partial charge in [-0.15, -0.1) is 4.91 Å². The van der Waals surface area contributed by atoms with Crippen LogP contribution in [0.2, 0.25) is 0 Å². The summed E-state index contributed by atoms with van der Waals surface area (Å²) in [6.45, 7) is 3.47. The Morgan fingerprint density at radius 2 is 1.68 bits per heavy atom. The van der Waals surface area contributed by atoms with Crippen molar-refractivity contribution in [3.05, 3.63) is 51.2 Å². The van der Waals surface area contributed by atoms with E-state index in [2.05, 4.69) is 20.8 Å². The summed E-state index contributed by atoms with van der Waals surface area (Å²) < 4.78 is 22.6. The molecule has 1 aliphatic heterocycles. The van der Waals surface area contributed by atoms with Crippen molar-refractivity contribution in [1.29, 1.82) is 0 Å². The lowest BCUT2D eigenvalue weighted by molar-refractivity contribution is -0.221. The number of benzene rings is 1. The van der Waals surface area contributed by atoms with Gasteiger partial charge in [-0.2, -0.15) is 4.98 Å². The zero-order valence-electron chi connectivity index (χ0n) is 20.6. The van der Waals surface area contributed by atoms with Crippen LogP contribution < -0.4 is 16.2 Å². The number of hydrogen-bond donors (Lipinski definition) is 2. The highest BCUT2D eigenvalue weighted by atomic mass is 16.6. The molecule has 2 N–H and O–H groups in total. The molecule has 1 fully saturated rings. The summed E-state index contributed by atoms with van der Waals surface area (Å²) in [5, 5.41) is 8.58. The molecule has 0 saturated carbocycles. The summed E-state index contributed by atoms with van der Waals surface area (Å²) in [5.41, 5.74) is -0.392. The van der Waals surface area contributed by atoms with Crippen LogP contribution in [-0.4, -0.2) is 58.6 Å². The molecule has 1 aromatic carbocycles. The van der Waals surface area contributed by atoms with Gasteiger partial charge in [0.1, 0.15) is 0 Å². The topological polar surface area (TPSA) is 177 Å². The molecule has 0 unspecified atom stereocenters. The van der Waals surface area contributed by atoms with Gasteiger partial charge in [0.05, 0.1) is 6.61 Å². The zero-order valence-corrected chi connectivity index (χ0v) is 20.6. The molecule has 0 bridgehead atoms. The van der Waals surface area contributed by atoms with Crippen molar-refractivity contribution in [3.8, 4) is 0 Å². The minimum atomic E-state index is -1.34. The first-order valence-electron chi connectivity index (χ1n) is 11.2. The average molecular weight is 517 g/mol. The fourth-order valence-electron chi connectivity index (χ4n) is 3.71. The summed E-state index contributed by atoms with van der Waals surface area (Å²) in [6, 6.07) is 9.32. The van der Waals surface area contributed by atoms with Gasteiger partial charge in [-0.3, -0.25) is 23.7 Å². The van der Waals surface area contributed by atoms with Gasteiger partial charge in [-0.05, 0) is 10.7 Å². The predicted octanol–water partition coefficient (Wildman–Crippen LogP) is 1.35. The molecule has 1 aromatic heterocycles. The van der Waals surface area contributed by atoms with Crippen LogP contribution in [0.5, 0.6) is 0 Å². The van der Waals surface area contributed by atoms with Crippen LogP contribution in [-0.2, 0) is 46.9 Å². The molecule has 2 aromatic rings. The number of nitrogens with zero attached hydrogens (tertiary/aromatic N) is 3. The van der Waals surface area contributed by atoms with Gasteiger partial charge in [0.25, 0.3) is 5.56 Å². The Balaban J connectivity index is 1.95. The summed E-state index contributed by atoms with van der Waals surface area (Å²) in [6.07, 6.45) is -4.95. The monoisotopic (exact) mass is 517 g/mol. The quantitative estimate of drug-likeness (QED) is 0.278. The number of nitrogens with one attached hydrogen (secondary N) is 2. The minimum Gasteiger partial charge on any atom is -0.456 e. The maximum Gasteiger partial charge on any atom is 0.303 e. The van der Waals surface area contributed by atoms with E-state index in [1.54, 1.807) is 0 Å². The standard InChI is InChI=1S/C23H27N5O9/c1-12(29)35-16-11-34-21(19(37-14(3)31)18(16)36-13(2)30)25-20-17(27-33)22(32)28(4)23(26-20)24-10-15-8-6-5-7-9-15/h5-9,16,18-19,21,25H,10-11H2,1-4H3,(H,24,26)/t16-,18-,19-,21+/m1/s1.